The number of hydrogen-bond donors (Lipinski definition) is 0. The van der Waals surface area contributed by atoms with Crippen LogP contribution in [0.15, 0.2) is 42.5 Å². The molecule has 0 amide bonds. The normalized spacial score (nSPS) is 17.0. The van der Waals surface area contributed by atoms with Crippen LogP contribution in [-0.2, 0) is 13.5 Å². The molecular formula is C28H40Cl2NORu-. The molecule has 0 aromatic heterocycles. The predicted molar refractivity (Wildman–Crippen MR) is 144 cm³/mol. The molecular weight excluding hydrogens is 538 g/mol. The molecule has 0 radical (unpaired) electrons. The molecule has 186 valence electrons. The van der Waals surface area contributed by atoms with Gasteiger partial charge in [0.25, 0.3) is 0 Å². The zero-order valence-electron chi connectivity index (χ0n) is 21.5. The Morgan fingerprint density at radius 3 is 2.15 bits per heavy atom. The molecule has 5 heteroatoms. The molecule has 2 aromatic carbocycles. The van der Waals surface area contributed by atoms with Crippen molar-refractivity contribution >= 4 is 29.7 Å². The van der Waals surface area contributed by atoms with Gasteiger partial charge in [-0.1, -0.05) is 52.3 Å². The first-order chi connectivity index (χ1) is 15.2. The first kappa shape index (κ1) is 28.4. The quantitative estimate of drug-likeness (QED) is 0.260. The summed E-state index contributed by atoms with van der Waals surface area (Å²) in [6.45, 7) is 22.6. The van der Waals surface area contributed by atoms with Crippen LogP contribution >= 0.6 is 19.4 Å². The van der Waals surface area contributed by atoms with Gasteiger partial charge in [-0.2, -0.15) is 0 Å². The molecule has 0 atom stereocenters. The smallest absolute Gasteiger partial charge is 0.0140 e. The van der Waals surface area contributed by atoms with Crippen LogP contribution in [-0.4, -0.2) is 16.3 Å². The van der Waals surface area contributed by atoms with Crippen LogP contribution in [0, 0.1) is 18.9 Å². The van der Waals surface area contributed by atoms with Crippen molar-refractivity contribution in [2.45, 2.75) is 86.3 Å². The SMILES string of the molecule is CC(C)Oc1ccccc1[CH]=[Ru]([Cl])[Cl].Cc1cccc(C(C)C)c1N1[CH-]C(C)(C)CC1(C)C. The number of rotatable bonds is 5. The second-order valence-electron chi connectivity index (χ2n) is 10.7. The van der Waals surface area contributed by atoms with E-state index < -0.39 is 13.5 Å². The first-order valence-corrected chi connectivity index (χ1v) is 17.1. The number of aryl methyl sites for hydroxylation is 1. The maximum atomic E-state index is 5.82. The molecule has 1 heterocycles. The van der Waals surface area contributed by atoms with Gasteiger partial charge in [-0.05, 0) is 37.8 Å². The molecule has 1 aliphatic rings. The van der Waals surface area contributed by atoms with Gasteiger partial charge in [0.05, 0.1) is 0 Å². The second kappa shape index (κ2) is 11.7. The van der Waals surface area contributed by atoms with Gasteiger partial charge in [-0.3, -0.25) is 0 Å². The van der Waals surface area contributed by atoms with Crippen molar-refractivity contribution in [1.29, 1.82) is 0 Å². The van der Waals surface area contributed by atoms with E-state index in [1.165, 1.54) is 23.2 Å². The summed E-state index contributed by atoms with van der Waals surface area (Å²) in [5.74, 6) is 1.41. The van der Waals surface area contributed by atoms with Gasteiger partial charge in [0.15, 0.2) is 0 Å². The van der Waals surface area contributed by atoms with Gasteiger partial charge in [-0.15, -0.1) is 5.41 Å². The van der Waals surface area contributed by atoms with E-state index in [-0.39, 0.29) is 17.1 Å². The Morgan fingerprint density at radius 2 is 1.64 bits per heavy atom. The van der Waals surface area contributed by atoms with Crippen molar-refractivity contribution in [2.24, 2.45) is 5.41 Å². The zero-order chi connectivity index (χ0) is 25.0. The standard InChI is InChI=1S/C18H28N.C10H12O.2ClH.Ru/c1-13(2)15-10-8-9-14(3)16(15)19-12-17(4,5)11-18(19,6)7;1-8(2)11-10-7-5-4-6-9(10)3;;;/h8-10,12-13H,11H2,1-7H3;3-8H,1-2H3;2*1H;/q-1;;;;+2/p-2. The molecule has 33 heavy (non-hydrogen) atoms. The second-order valence-corrected chi connectivity index (χ2v) is 16.4. The van der Waals surface area contributed by atoms with Crippen LogP contribution in [0.5, 0.6) is 5.75 Å². The van der Waals surface area contributed by atoms with Gasteiger partial charge < -0.3 is 4.90 Å². The summed E-state index contributed by atoms with van der Waals surface area (Å²) < 4.78 is 7.51. The van der Waals surface area contributed by atoms with Crippen molar-refractivity contribution in [3.63, 3.8) is 0 Å². The fraction of sp³-hybridized carbons (Fsp3) is 0.500. The Balaban J connectivity index is 0.000000245. The van der Waals surface area contributed by atoms with E-state index in [2.05, 4.69) is 78.1 Å². The molecule has 0 saturated carbocycles. The minimum Gasteiger partial charge on any atom is -0.517 e. The topological polar surface area (TPSA) is 12.5 Å². The number of benzene rings is 2. The van der Waals surface area contributed by atoms with E-state index in [1.54, 1.807) is 0 Å². The van der Waals surface area contributed by atoms with Crippen LogP contribution in [0.25, 0.3) is 0 Å². The number of hydrogen-bond acceptors (Lipinski definition) is 2. The summed E-state index contributed by atoms with van der Waals surface area (Å²) in [6, 6.07) is 14.5. The van der Waals surface area contributed by atoms with Gasteiger partial charge in [0.1, 0.15) is 0 Å². The monoisotopic (exact) mass is 578 g/mol. The van der Waals surface area contributed by atoms with Crippen LogP contribution in [0.4, 0.5) is 5.69 Å². The van der Waals surface area contributed by atoms with Crippen LogP contribution in [0.2, 0.25) is 0 Å². The zero-order valence-corrected chi connectivity index (χ0v) is 24.8. The summed E-state index contributed by atoms with van der Waals surface area (Å²) >= 11 is -1.77. The van der Waals surface area contributed by atoms with E-state index in [4.69, 9.17) is 24.1 Å². The number of nitrogens with zero attached hydrogens (tertiary/aromatic N) is 1. The molecule has 1 saturated heterocycles. The maximum Gasteiger partial charge on any atom is 0.0140 e. The fourth-order valence-electron chi connectivity index (χ4n) is 4.62. The molecule has 0 N–H and O–H groups in total. The van der Waals surface area contributed by atoms with Gasteiger partial charge in [0.2, 0.25) is 0 Å². The maximum absolute atomic E-state index is 5.82. The first-order valence-electron chi connectivity index (χ1n) is 11.6. The summed E-state index contributed by atoms with van der Waals surface area (Å²) in [5, 5.41) is 0. The van der Waals surface area contributed by atoms with E-state index in [0.717, 1.165) is 11.3 Å². The molecule has 0 aliphatic carbocycles. The third kappa shape index (κ3) is 8.08. The minimum absolute atomic E-state index is 0.163. The Kier molecular flexibility index (Phi) is 10.0. The molecule has 2 nitrogen and oxygen atoms in total. The summed E-state index contributed by atoms with van der Waals surface area (Å²) in [5.41, 5.74) is 5.73. The molecule has 2 aromatic rings. The van der Waals surface area contributed by atoms with Gasteiger partial charge in [-0.25, -0.2) is 6.54 Å². The summed E-state index contributed by atoms with van der Waals surface area (Å²) in [6.07, 6.45) is 1.36. The molecule has 1 aliphatic heterocycles. The molecule has 0 spiro atoms. The Labute approximate surface area is 215 Å². The third-order valence-electron chi connectivity index (χ3n) is 5.62. The predicted octanol–water partition coefficient (Wildman–Crippen LogP) is 8.85. The number of halogens is 2. The van der Waals surface area contributed by atoms with Crippen LogP contribution in [0.1, 0.15) is 84.4 Å². The van der Waals surface area contributed by atoms with Crippen molar-refractivity contribution in [3.8, 4) is 5.75 Å². The average molecular weight is 579 g/mol. The van der Waals surface area contributed by atoms with E-state index >= 15 is 0 Å². The van der Waals surface area contributed by atoms with Crippen LogP contribution < -0.4 is 9.64 Å². The molecule has 3 rings (SSSR count). The van der Waals surface area contributed by atoms with Crippen molar-refractivity contribution in [3.05, 3.63) is 65.7 Å². The molecule has 0 unspecified atom stereocenters. The Hall–Kier alpha value is -0.887. The van der Waals surface area contributed by atoms with Gasteiger partial charge in [0, 0.05) is 11.2 Å². The van der Waals surface area contributed by atoms with Crippen LogP contribution in [0.3, 0.4) is 0 Å². The summed E-state index contributed by atoms with van der Waals surface area (Å²) in [4.78, 5) is 2.53. The third-order valence-corrected chi connectivity index (χ3v) is 7.45. The van der Waals surface area contributed by atoms with Crippen molar-refractivity contribution in [1.82, 2.24) is 0 Å². The fourth-order valence-corrected chi connectivity index (χ4v) is 6.43. The van der Waals surface area contributed by atoms with Crippen molar-refractivity contribution < 1.29 is 18.3 Å². The van der Waals surface area contributed by atoms with E-state index in [9.17, 15) is 0 Å². The largest absolute Gasteiger partial charge is 0.517 e. The average Bonchev–Trinajstić information content (AvgIpc) is 2.89. The number of para-hydroxylation sites is 2. The van der Waals surface area contributed by atoms with Gasteiger partial charge >= 0.3 is 97.8 Å². The van der Waals surface area contributed by atoms with E-state index in [0.29, 0.717) is 5.92 Å². The molecule has 0 bridgehead atoms. The summed E-state index contributed by atoms with van der Waals surface area (Å²) in [7, 11) is 11.6. The number of ether oxygens (including phenoxy) is 1. The minimum atomic E-state index is -1.77. The number of anilines is 1. The van der Waals surface area contributed by atoms with E-state index in [1.807, 2.05) is 42.7 Å². The Bertz CT molecular complexity index is 962. The van der Waals surface area contributed by atoms with Crippen molar-refractivity contribution in [2.75, 3.05) is 4.90 Å². The Morgan fingerprint density at radius 1 is 1.00 bits per heavy atom. The molecule has 1 fully saturated rings.